The quantitative estimate of drug-likeness (QED) is 0.0159. The Labute approximate surface area is 596 Å². The number of carbonyl (C=O) groups excluding carboxylic acids is 2. The molecule has 0 spiro atoms. The van der Waals surface area contributed by atoms with Crippen LogP contribution in [0.4, 0.5) is 20.2 Å². The summed E-state index contributed by atoms with van der Waals surface area (Å²) in [5, 5.41) is 33.5. The van der Waals surface area contributed by atoms with Crippen molar-refractivity contribution >= 4 is 117 Å². The van der Waals surface area contributed by atoms with Gasteiger partial charge in [-0.1, -0.05) is 150 Å². The molecule has 2 aliphatic heterocycles. The van der Waals surface area contributed by atoms with Crippen molar-refractivity contribution in [2.45, 2.75) is 109 Å². The van der Waals surface area contributed by atoms with E-state index >= 15 is 0 Å². The molecular formula is C71H81BrF2I3N2O12P2Si2-. The fourth-order valence-electron chi connectivity index (χ4n) is 11.1. The number of phenols is 2. The molecule has 8 aromatic carbocycles. The molecule has 2 amide bonds. The van der Waals surface area contributed by atoms with Crippen LogP contribution in [0.25, 0.3) is 22.3 Å². The fourth-order valence-corrected chi connectivity index (χ4v) is 14.0. The first kappa shape index (κ1) is 77.8. The van der Waals surface area contributed by atoms with Crippen LogP contribution < -0.4 is 33.7 Å². The molecule has 24 heteroatoms. The summed E-state index contributed by atoms with van der Waals surface area (Å²) in [5.41, 5.74) is 6.99. The predicted molar refractivity (Wildman–Crippen MR) is 398 cm³/mol. The van der Waals surface area contributed by atoms with E-state index in [1.807, 2.05) is 72.8 Å². The van der Waals surface area contributed by atoms with Gasteiger partial charge in [0, 0.05) is 36.7 Å². The number of phenolic OH excluding ortho intramolecular Hbond substituents is 2. The number of aliphatic hydroxyl groups excluding tert-OH is 1. The van der Waals surface area contributed by atoms with Crippen LogP contribution >= 0.6 is 67.7 Å². The molecule has 6 atom stereocenters. The average Bonchev–Trinajstić information content (AvgIpc) is 0.751. The minimum atomic E-state index is -4.36. The number of anilines is 2. The van der Waals surface area contributed by atoms with Crippen LogP contribution in [0.1, 0.15) is 93.0 Å². The molecule has 0 aromatic heterocycles. The van der Waals surface area contributed by atoms with E-state index in [2.05, 4.69) is 106 Å². The number of aromatic hydroxyl groups is 2. The molecule has 0 radical (unpaired) electrons. The van der Waals surface area contributed by atoms with Crippen molar-refractivity contribution in [3.05, 3.63) is 228 Å². The van der Waals surface area contributed by atoms with Crippen LogP contribution in [-0.4, -0.2) is 66.2 Å². The molecule has 0 unspecified atom stereocenters. The number of hydrogen-bond donors (Lipinski definition) is 5. The Morgan fingerprint density at radius 1 is 0.568 bits per heavy atom. The van der Waals surface area contributed by atoms with E-state index in [9.17, 15) is 52.6 Å². The number of β-lactam (4-membered cyclic amide) rings is 2. The van der Waals surface area contributed by atoms with Crippen LogP contribution in [0, 0.1) is 23.5 Å². The number of rotatable bonds is 20. The number of benzene rings is 8. The van der Waals surface area contributed by atoms with E-state index in [-0.39, 0.29) is 52.0 Å². The maximum atomic E-state index is 13.9. The van der Waals surface area contributed by atoms with E-state index in [4.69, 9.17) is 13.5 Å². The van der Waals surface area contributed by atoms with Gasteiger partial charge in [0.2, 0.25) is 11.8 Å². The van der Waals surface area contributed by atoms with Crippen LogP contribution in [0.2, 0.25) is 37.8 Å². The Bertz CT molecular complexity index is 3940. The Balaban J connectivity index is 0.000000245. The van der Waals surface area contributed by atoms with E-state index in [0.717, 1.165) is 22.4 Å². The number of carbonyl (C=O) groups is 2. The third kappa shape index (κ3) is 20.3. The molecule has 2 saturated heterocycles. The zero-order chi connectivity index (χ0) is 69.8. The maximum absolute atomic E-state index is 13.9. The van der Waals surface area contributed by atoms with Crippen molar-refractivity contribution < 1.29 is 79.3 Å². The zero-order valence-corrected chi connectivity index (χ0v) is 66.3. The van der Waals surface area contributed by atoms with Crippen molar-refractivity contribution in [3.63, 3.8) is 0 Å². The van der Waals surface area contributed by atoms with Crippen molar-refractivity contribution in [2.24, 2.45) is 11.8 Å². The van der Waals surface area contributed by atoms with Crippen LogP contribution in [0.5, 0.6) is 11.5 Å². The van der Waals surface area contributed by atoms with Crippen LogP contribution in [0.15, 0.2) is 194 Å². The molecule has 2 heterocycles. The maximum Gasteiger partial charge on any atom is 0.356 e. The number of nitrogens with zero attached hydrogens (tertiary/aromatic N) is 2. The van der Waals surface area contributed by atoms with Gasteiger partial charge >= 0.3 is 65.7 Å². The minimum absolute atomic E-state index is 0.0174. The Kier molecular flexibility index (Phi) is 27.9. The molecule has 2 aliphatic rings. The van der Waals surface area contributed by atoms with Crippen LogP contribution in [0.3, 0.4) is 0 Å². The van der Waals surface area contributed by atoms with E-state index in [0.29, 0.717) is 71.3 Å². The van der Waals surface area contributed by atoms with Gasteiger partial charge < -0.3 is 48.4 Å². The zero-order valence-electron chi connectivity index (χ0n) is 54.4. The smallest absolute Gasteiger partial charge is 0.356 e. The van der Waals surface area contributed by atoms with E-state index < -0.39 is 66.0 Å². The number of halogens is 6. The van der Waals surface area contributed by atoms with Gasteiger partial charge in [-0.2, -0.15) is 0 Å². The summed E-state index contributed by atoms with van der Waals surface area (Å²) in [6.07, 6.45) is 0.548. The average molecular weight is 1770 g/mol. The molecule has 10 rings (SSSR count). The van der Waals surface area contributed by atoms with Crippen molar-refractivity contribution in [3.8, 4) is 33.8 Å². The Hall–Kier alpha value is -4.52. The van der Waals surface area contributed by atoms with Crippen LogP contribution in [-0.2, 0) is 32.2 Å². The first-order valence-electron chi connectivity index (χ1n) is 30.6. The number of amides is 2. The van der Waals surface area contributed by atoms with Crippen molar-refractivity contribution in [2.75, 3.05) is 24.0 Å². The summed E-state index contributed by atoms with van der Waals surface area (Å²) < 4.78 is 68.5. The second-order valence-corrected chi connectivity index (χ2v) is 61.6. The molecule has 8 aromatic rings. The van der Waals surface area contributed by atoms with Gasteiger partial charge in [0.05, 0.1) is 46.7 Å². The first-order chi connectivity index (χ1) is 44.7. The third-order valence-corrected chi connectivity index (χ3v) is 24.3. The monoisotopic (exact) mass is 1770 g/mol. The molecule has 0 bridgehead atoms. The second-order valence-electron chi connectivity index (χ2n) is 25.5. The SMILES string of the molecule is COP(=O)(OC)c1ccc(-c2ccc([C@@H]3[C@@H](CC[C@H](O[Si](C)(C)C(C)(C)C)c4ccc(F)cc4)C(=O)N3c3ccccc3)c(O)c2)cc1.C[Si](C)(C)Br.I[I-]I.O=C1[C@H](CC[C@H](O)c2ccc(F)cc2)[C@@H](c2ccc(-c3ccc(P(=O)(O)O)cc3)cc2O)N1c1ccccc1. The van der Waals surface area contributed by atoms with Gasteiger partial charge in [-0.15, -0.1) is 15.3 Å². The molecule has 5 N–H and O–H groups in total. The molecule has 0 saturated carbocycles. The molecule has 2 fully saturated rings. The minimum Gasteiger partial charge on any atom is -0.508 e. The standard InChI is InChI=1S/C38H45FNO6PSi.C30H27FNO6P.C3H9BrSi.I3/c1-38(2,3)48(6,7)46-35(27-13-18-29(39)19-14-27)24-23-33-36(40(37(33)42)30-11-9-8-10-12-30)32-22-17-28(25-34(32)41)26-15-20-31(21-16-26)47(43,44-4)45-5;31-22-11-6-20(7-12-22)27(33)17-16-26-29(32(30(26)35)23-4-2-1-3-5-23)25-15-10-21(18-28(25)34)19-8-13-24(14-9-19)39(36,37)38;1-5(2,3)4;1-3-2/h8-22,25,33,35-36,41H,23-24H2,1-7H3;1-15,18,26-27,29,33-34H,16-17H2,(H2,36,37,38);1-3H3;/q;;;-1/t33-,35+,36-;26-,27+,29-;;/m11../s1. The van der Waals surface area contributed by atoms with E-state index in [1.54, 1.807) is 82.6 Å². The summed E-state index contributed by atoms with van der Waals surface area (Å²) in [6, 6.07) is 53.3. The topological polar surface area (TPSA) is 204 Å². The Morgan fingerprint density at radius 3 is 1.28 bits per heavy atom. The third-order valence-electron chi connectivity index (χ3n) is 17.0. The number of hydrogen-bond acceptors (Lipinski definition) is 10. The summed E-state index contributed by atoms with van der Waals surface area (Å²) in [6.45, 7) is 16.9. The van der Waals surface area contributed by atoms with Gasteiger partial charge in [-0.25, -0.2) is 8.78 Å². The van der Waals surface area contributed by atoms with E-state index in [1.165, 1.54) is 62.8 Å². The van der Waals surface area contributed by atoms with Gasteiger partial charge in [0.25, 0.3) is 0 Å². The first-order valence-corrected chi connectivity index (χ1v) is 55.0. The Morgan fingerprint density at radius 2 is 0.926 bits per heavy atom. The van der Waals surface area contributed by atoms with Gasteiger partial charge in [-0.05, 0) is 162 Å². The molecule has 14 nitrogen and oxygen atoms in total. The van der Waals surface area contributed by atoms with Crippen molar-refractivity contribution in [1.29, 1.82) is 0 Å². The fraction of sp³-hybridized carbons (Fsp3) is 0.296. The number of aliphatic hydroxyl groups is 1. The summed E-state index contributed by atoms with van der Waals surface area (Å²) in [4.78, 5) is 49.3. The van der Waals surface area contributed by atoms with Crippen molar-refractivity contribution in [1.82, 2.24) is 0 Å². The second kappa shape index (κ2) is 34.0. The predicted octanol–water partition coefficient (Wildman–Crippen LogP) is 15.8. The van der Waals surface area contributed by atoms with Gasteiger partial charge in [0.15, 0.2) is 8.32 Å². The summed E-state index contributed by atoms with van der Waals surface area (Å²) >= 11 is 8.81. The normalized spacial score (nSPS) is 17.2. The largest absolute Gasteiger partial charge is 0.508 e. The van der Waals surface area contributed by atoms with Gasteiger partial charge in [-0.3, -0.25) is 18.7 Å². The molecule has 508 valence electrons. The molecular weight excluding hydrogens is 1690 g/mol. The summed E-state index contributed by atoms with van der Waals surface area (Å²) in [7, 11) is -7.28. The number of para-hydroxylation sites is 2. The van der Waals surface area contributed by atoms with Gasteiger partial charge in [0.1, 0.15) is 29.8 Å². The molecule has 0 aliphatic carbocycles. The molecule has 95 heavy (non-hydrogen) atoms. The summed E-state index contributed by atoms with van der Waals surface area (Å²) in [5.74, 6) is -1.66.